The lowest BCUT2D eigenvalue weighted by Gasteiger charge is -2.01. The Balaban J connectivity index is 0.000000323. The van der Waals surface area contributed by atoms with Crippen molar-refractivity contribution in [3.8, 4) is 28.7 Å². The van der Waals surface area contributed by atoms with Gasteiger partial charge in [0.15, 0.2) is 0 Å². The summed E-state index contributed by atoms with van der Waals surface area (Å²) in [6.45, 7) is 7.33. The molecule has 0 saturated heterocycles. The molecule has 8 heteroatoms. The summed E-state index contributed by atoms with van der Waals surface area (Å²) in [5, 5.41) is 8.11. The zero-order chi connectivity index (χ0) is 22.6. The van der Waals surface area contributed by atoms with Crippen LogP contribution in [0.25, 0.3) is 22.9 Å². The molecule has 0 bridgehead atoms. The third-order valence-corrected chi connectivity index (χ3v) is 3.78. The SMILES string of the molecule is C=CC(=O)OCCOC.CC(=O)Oc1ccc(-c2nnc(-c3ccc(C)cc3)o2)cc1. The van der Waals surface area contributed by atoms with Gasteiger partial charge in [-0.3, -0.25) is 4.79 Å². The summed E-state index contributed by atoms with van der Waals surface area (Å²) in [5.41, 5.74) is 2.81. The lowest BCUT2D eigenvalue weighted by molar-refractivity contribution is -0.139. The molecule has 31 heavy (non-hydrogen) atoms. The van der Waals surface area contributed by atoms with Crippen LogP contribution in [0.1, 0.15) is 12.5 Å². The van der Waals surface area contributed by atoms with Crippen LogP contribution in [-0.4, -0.2) is 42.5 Å². The number of methoxy groups -OCH3 is 1. The summed E-state index contributed by atoms with van der Waals surface area (Å²) in [7, 11) is 1.54. The molecular formula is C23H24N2O6. The van der Waals surface area contributed by atoms with Crippen LogP contribution in [0.5, 0.6) is 5.75 Å². The molecule has 0 spiro atoms. The van der Waals surface area contributed by atoms with Crippen molar-refractivity contribution in [2.24, 2.45) is 0 Å². The van der Waals surface area contributed by atoms with Crippen molar-refractivity contribution in [2.75, 3.05) is 20.3 Å². The maximum absolute atomic E-state index is 10.9. The summed E-state index contributed by atoms with van der Waals surface area (Å²) in [4.78, 5) is 21.2. The van der Waals surface area contributed by atoms with E-state index in [1.807, 2.05) is 31.2 Å². The molecule has 0 aliphatic heterocycles. The topological polar surface area (TPSA) is 101 Å². The molecule has 0 saturated carbocycles. The van der Waals surface area contributed by atoms with Crippen LogP contribution in [-0.2, 0) is 19.1 Å². The monoisotopic (exact) mass is 424 g/mol. The minimum Gasteiger partial charge on any atom is -0.460 e. The summed E-state index contributed by atoms with van der Waals surface area (Å²) < 4.78 is 19.8. The van der Waals surface area contributed by atoms with Crippen molar-refractivity contribution in [2.45, 2.75) is 13.8 Å². The van der Waals surface area contributed by atoms with Gasteiger partial charge in [0.25, 0.3) is 0 Å². The van der Waals surface area contributed by atoms with E-state index in [-0.39, 0.29) is 5.97 Å². The molecule has 0 N–H and O–H groups in total. The van der Waals surface area contributed by atoms with Gasteiger partial charge in [-0.1, -0.05) is 24.3 Å². The van der Waals surface area contributed by atoms with Gasteiger partial charge in [0, 0.05) is 31.2 Å². The van der Waals surface area contributed by atoms with Crippen molar-refractivity contribution in [1.29, 1.82) is 0 Å². The van der Waals surface area contributed by atoms with Gasteiger partial charge in [0.2, 0.25) is 11.8 Å². The molecule has 2 aromatic carbocycles. The first-order chi connectivity index (χ1) is 14.9. The lowest BCUT2D eigenvalue weighted by atomic mass is 10.1. The Labute approximate surface area is 180 Å². The Bertz CT molecular complexity index is 994. The smallest absolute Gasteiger partial charge is 0.330 e. The van der Waals surface area contributed by atoms with E-state index < -0.39 is 5.97 Å². The second kappa shape index (κ2) is 12.0. The van der Waals surface area contributed by atoms with E-state index in [0.29, 0.717) is 30.7 Å². The molecule has 162 valence electrons. The molecule has 0 amide bonds. The molecule has 1 aromatic heterocycles. The van der Waals surface area contributed by atoms with Crippen LogP contribution in [0.15, 0.2) is 65.6 Å². The van der Waals surface area contributed by atoms with Gasteiger partial charge >= 0.3 is 11.9 Å². The number of esters is 2. The van der Waals surface area contributed by atoms with E-state index in [2.05, 4.69) is 26.3 Å². The standard InChI is InChI=1S/C17H14N2O3.C6H10O3/c1-11-3-5-13(6-4-11)16-18-19-17(22-16)14-7-9-15(10-8-14)21-12(2)20;1-3-6(7)9-5-4-8-2/h3-10H,1-2H3;3H,1,4-5H2,2H3. The predicted octanol–water partition coefficient (Wildman–Crippen LogP) is 4.00. The van der Waals surface area contributed by atoms with Gasteiger partial charge in [-0.25, -0.2) is 4.79 Å². The highest BCUT2D eigenvalue weighted by Gasteiger charge is 2.10. The Morgan fingerprint density at radius 3 is 2.00 bits per heavy atom. The predicted molar refractivity (Wildman–Crippen MR) is 114 cm³/mol. The maximum atomic E-state index is 10.9. The molecule has 0 aliphatic rings. The first-order valence-corrected chi connectivity index (χ1v) is 9.40. The Morgan fingerprint density at radius 2 is 1.52 bits per heavy atom. The Morgan fingerprint density at radius 1 is 0.968 bits per heavy atom. The van der Waals surface area contributed by atoms with E-state index in [1.165, 1.54) is 12.5 Å². The van der Waals surface area contributed by atoms with Gasteiger partial charge in [-0.05, 0) is 43.3 Å². The molecule has 3 rings (SSSR count). The highest BCUT2D eigenvalue weighted by molar-refractivity contribution is 5.81. The highest BCUT2D eigenvalue weighted by Crippen LogP contribution is 2.25. The van der Waals surface area contributed by atoms with E-state index in [1.54, 1.807) is 31.4 Å². The van der Waals surface area contributed by atoms with E-state index in [0.717, 1.165) is 17.2 Å². The number of rotatable bonds is 7. The maximum Gasteiger partial charge on any atom is 0.330 e. The number of aromatic nitrogens is 2. The molecule has 0 atom stereocenters. The van der Waals surface area contributed by atoms with Gasteiger partial charge in [-0.15, -0.1) is 10.2 Å². The third kappa shape index (κ3) is 7.87. The molecule has 1 heterocycles. The highest BCUT2D eigenvalue weighted by atomic mass is 16.6. The average molecular weight is 424 g/mol. The minimum atomic E-state index is -0.410. The summed E-state index contributed by atoms with van der Waals surface area (Å²) in [5.74, 6) is 0.609. The summed E-state index contributed by atoms with van der Waals surface area (Å²) in [6, 6.07) is 14.8. The molecule has 0 aliphatic carbocycles. The molecule has 0 fully saturated rings. The fourth-order valence-corrected chi connectivity index (χ4v) is 2.27. The van der Waals surface area contributed by atoms with Crippen LogP contribution in [0.4, 0.5) is 0 Å². The number of carbonyl (C=O) groups is 2. The van der Waals surface area contributed by atoms with Crippen LogP contribution in [0, 0.1) is 6.92 Å². The zero-order valence-corrected chi connectivity index (χ0v) is 17.7. The average Bonchev–Trinajstić information content (AvgIpc) is 3.25. The second-order valence-corrected chi connectivity index (χ2v) is 6.26. The first kappa shape index (κ1) is 23.5. The van der Waals surface area contributed by atoms with E-state index >= 15 is 0 Å². The largest absolute Gasteiger partial charge is 0.460 e. The quantitative estimate of drug-likeness (QED) is 0.243. The number of carbonyl (C=O) groups excluding carboxylic acids is 2. The van der Waals surface area contributed by atoms with Gasteiger partial charge < -0.3 is 18.6 Å². The number of benzene rings is 2. The molecule has 0 radical (unpaired) electrons. The summed E-state index contributed by atoms with van der Waals surface area (Å²) in [6.07, 6.45) is 1.12. The van der Waals surface area contributed by atoms with Gasteiger partial charge in [-0.2, -0.15) is 0 Å². The molecule has 0 unspecified atom stereocenters. The van der Waals surface area contributed by atoms with E-state index in [4.69, 9.17) is 9.15 Å². The van der Waals surface area contributed by atoms with Gasteiger partial charge in [0.1, 0.15) is 12.4 Å². The zero-order valence-electron chi connectivity index (χ0n) is 17.7. The number of aryl methyl sites for hydroxylation is 1. The lowest BCUT2D eigenvalue weighted by Crippen LogP contribution is -2.06. The fraction of sp³-hybridized carbons (Fsp3) is 0.217. The first-order valence-electron chi connectivity index (χ1n) is 9.40. The number of hydrogen-bond donors (Lipinski definition) is 0. The van der Waals surface area contributed by atoms with Crippen molar-refractivity contribution < 1.29 is 28.2 Å². The Kier molecular flexibility index (Phi) is 9.13. The van der Waals surface area contributed by atoms with Crippen molar-refractivity contribution in [3.63, 3.8) is 0 Å². The van der Waals surface area contributed by atoms with Gasteiger partial charge in [0.05, 0.1) is 6.61 Å². The van der Waals surface area contributed by atoms with Crippen molar-refractivity contribution in [1.82, 2.24) is 10.2 Å². The van der Waals surface area contributed by atoms with Crippen molar-refractivity contribution in [3.05, 3.63) is 66.7 Å². The van der Waals surface area contributed by atoms with E-state index in [9.17, 15) is 9.59 Å². The third-order valence-electron chi connectivity index (χ3n) is 3.78. The van der Waals surface area contributed by atoms with Crippen molar-refractivity contribution >= 4 is 11.9 Å². The normalized spacial score (nSPS) is 9.90. The van der Waals surface area contributed by atoms with Crippen LogP contribution in [0.3, 0.4) is 0 Å². The molecule has 3 aromatic rings. The minimum absolute atomic E-state index is 0.293. The summed E-state index contributed by atoms with van der Waals surface area (Å²) >= 11 is 0. The van der Waals surface area contributed by atoms with Crippen LogP contribution >= 0.6 is 0 Å². The number of hydrogen-bond acceptors (Lipinski definition) is 8. The number of ether oxygens (including phenoxy) is 3. The number of nitrogens with zero attached hydrogens (tertiary/aromatic N) is 2. The molecule has 8 nitrogen and oxygen atoms in total. The van der Waals surface area contributed by atoms with Crippen LogP contribution < -0.4 is 4.74 Å². The molecular weight excluding hydrogens is 400 g/mol. The fourth-order valence-electron chi connectivity index (χ4n) is 2.27. The van der Waals surface area contributed by atoms with Crippen LogP contribution in [0.2, 0.25) is 0 Å². The second-order valence-electron chi connectivity index (χ2n) is 6.26. The Hall–Kier alpha value is -3.78.